The summed E-state index contributed by atoms with van der Waals surface area (Å²) in [5, 5.41) is 0. The van der Waals surface area contributed by atoms with Gasteiger partial charge in [0.05, 0.1) is 4.34 Å². The highest BCUT2D eigenvalue weighted by atomic mass is 35.5. The third kappa shape index (κ3) is 2.00. The number of nitrogens with two attached hydrogens (primary N) is 1. The zero-order valence-corrected chi connectivity index (χ0v) is 12.1. The van der Waals surface area contributed by atoms with Crippen LogP contribution in [0.1, 0.15) is 12.8 Å². The van der Waals surface area contributed by atoms with E-state index in [1.807, 2.05) is 0 Å². The Balaban J connectivity index is 1.84. The molecule has 1 aromatic heterocycles. The van der Waals surface area contributed by atoms with Gasteiger partial charge in [-0.2, -0.15) is 4.31 Å². The predicted octanol–water partition coefficient (Wildman–Crippen LogP) is 1.76. The minimum absolute atomic E-state index is 0.155. The van der Waals surface area contributed by atoms with Crippen LogP contribution in [0.3, 0.4) is 0 Å². The highest BCUT2D eigenvalue weighted by molar-refractivity contribution is 7.91. The molecule has 1 saturated carbocycles. The van der Waals surface area contributed by atoms with Crippen molar-refractivity contribution in [1.29, 1.82) is 0 Å². The molecular weight excluding hydrogens is 292 g/mol. The van der Waals surface area contributed by atoms with E-state index < -0.39 is 10.0 Å². The van der Waals surface area contributed by atoms with Crippen LogP contribution in [0.5, 0.6) is 0 Å². The van der Waals surface area contributed by atoms with Crippen molar-refractivity contribution in [1.82, 2.24) is 4.31 Å². The first kappa shape index (κ1) is 12.9. The predicted molar refractivity (Wildman–Crippen MR) is 72.3 cm³/mol. The van der Waals surface area contributed by atoms with Crippen LogP contribution in [0.25, 0.3) is 0 Å². The molecule has 7 heteroatoms. The summed E-state index contributed by atoms with van der Waals surface area (Å²) in [5.41, 5.74) is 6.03. The summed E-state index contributed by atoms with van der Waals surface area (Å²) in [6.07, 6.45) is 2.07. The van der Waals surface area contributed by atoms with Crippen LogP contribution in [0, 0.1) is 11.8 Å². The molecule has 0 radical (unpaired) electrons. The molecule has 1 saturated heterocycles. The van der Waals surface area contributed by atoms with Gasteiger partial charge in [0.15, 0.2) is 0 Å². The van der Waals surface area contributed by atoms with Crippen LogP contribution in [-0.2, 0) is 10.0 Å². The van der Waals surface area contributed by atoms with Crippen molar-refractivity contribution >= 4 is 33.0 Å². The van der Waals surface area contributed by atoms with Crippen LogP contribution in [-0.4, -0.2) is 31.9 Å². The van der Waals surface area contributed by atoms with Crippen molar-refractivity contribution in [2.75, 3.05) is 13.1 Å². The van der Waals surface area contributed by atoms with Crippen molar-refractivity contribution in [3.05, 3.63) is 16.5 Å². The van der Waals surface area contributed by atoms with Gasteiger partial charge in [0.1, 0.15) is 4.21 Å². The molecule has 3 unspecified atom stereocenters. The largest absolute Gasteiger partial charge is 0.327 e. The fourth-order valence-electron chi connectivity index (χ4n) is 3.03. The maximum Gasteiger partial charge on any atom is 0.252 e. The average Bonchev–Trinajstić information content (AvgIpc) is 2.96. The summed E-state index contributed by atoms with van der Waals surface area (Å²) in [6.45, 7) is 1.17. The molecule has 4 nitrogen and oxygen atoms in total. The quantitative estimate of drug-likeness (QED) is 0.905. The van der Waals surface area contributed by atoms with Crippen LogP contribution in [0.4, 0.5) is 0 Å². The highest BCUT2D eigenvalue weighted by Gasteiger charge is 2.45. The lowest BCUT2D eigenvalue weighted by molar-refractivity contribution is 0.428. The third-order valence-electron chi connectivity index (χ3n) is 4.02. The van der Waals surface area contributed by atoms with Gasteiger partial charge in [0.25, 0.3) is 10.0 Å². The monoisotopic (exact) mass is 306 g/mol. The Hall–Kier alpha value is -0.140. The van der Waals surface area contributed by atoms with E-state index in [4.69, 9.17) is 17.3 Å². The Bertz CT molecular complexity index is 557. The Morgan fingerprint density at radius 3 is 2.72 bits per heavy atom. The third-order valence-corrected chi connectivity index (χ3v) is 7.55. The van der Waals surface area contributed by atoms with Gasteiger partial charge in [-0.1, -0.05) is 11.6 Å². The van der Waals surface area contributed by atoms with Crippen molar-refractivity contribution < 1.29 is 8.42 Å². The fraction of sp³-hybridized carbons (Fsp3) is 0.636. The van der Waals surface area contributed by atoms with E-state index in [9.17, 15) is 8.42 Å². The molecule has 0 bridgehead atoms. The summed E-state index contributed by atoms with van der Waals surface area (Å²) in [7, 11) is -3.37. The fourth-order valence-corrected chi connectivity index (χ4v) is 6.20. The standard InChI is InChI=1S/C11H15ClN2O2S2/c12-10-3-4-11(17-10)18(15,16)14-5-7-1-2-9(13)8(7)6-14/h3-4,7-9H,1-2,5-6,13H2. The van der Waals surface area contributed by atoms with Gasteiger partial charge in [-0.15, -0.1) is 11.3 Å². The second kappa shape index (κ2) is 4.45. The maximum atomic E-state index is 12.4. The second-order valence-electron chi connectivity index (χ2n) is 5.05. The van der Waals surface area contributed by atoms with E-state index in [0.717, 1.165) is 24.2 Å². The first-order chi connectivity index (χ1) is 8.48. The minimum Gasteiger partial charge on any atom is -0.327 e. The van der Waals surface area contributed by atoms with Gasteiger partial charge < -0.3 is 5.73 Å². The van der Waals surface area contributed by atoms with E-state index >= 15 is 0 Å². The SMILES string of the molecule is NC1CCC2CN(S(=O)(=O)c3ccc(Cl)s3)CC12. The van der Waals surface area contributed by atoms with Gasteiger partial charge in [-0.25, -0.2) is 8.42 Å². The van der Waals surface area contributed by atoms with Crippen molar-refractivity contribution in [3.8, 4) is 0 Å². The molecule has 0 amide bonds. The van der Waals surface area contributed by atoms with Crippen LogP contribution < -0.4 is 5.73 Å². The highest BCUT2D eigenvalue weighted by Crippen LogP contribution is 2.40. The summed E-state index contributed by atoms with van der Waals surface area (Å²) in [5.74, 6) is 0.764. The molecule has 3 atom stereocenters. The molecule has 2 fully saturated rings. The lowest BCUT2D eigenvalue weighted by atomic mass is 9.98. The summed E-state index contributed by atoms with van der Waals surface area (Å²) >= 11 is 6.92. The summed E-state index contributed by atoms with van der Waals surface area (Å²) in [6, 6.07) is 3.36. The molecule has 1 aliphatic heterocycles. The van der Waals surface area contributed by atoms with Crippen molar-refractivity contribution in [2.24, 2.45) is 17.6 Å². The topological polar surface area (TPSA) is 63.4 Å². The molecule has 0 spiro atoms. The number of nitrogens with zero attached hydrogens (tertiary/aromatic N) is 1. The van der Waals surface area contributed by atoms with Gasteiger partial charge in [0.2, 0.25) is 0 Å². The van der Waals surface area contributed by atoms with Gasteiger partial charge in [0, 0.05) is 19.1 Å². The Morgan fingerprint density at radius 1 is 1.33 bits per heavy atom. The van der Waals surface area contributed by atoms with Crippen molar-refractivity contribution in [2.45, 2.75) is 23.1 Å². The minimum atomic E-state index is -3.37. The Kier molecular flexibility index (Phi) is 3.18. The van der Waals surface area contributed by atoms with E-state index in [1.54, 1.807) is 16.4 Å². The molecule has 3 rings (SSSR count). The molecule has 2 N–H and O–H groups in total. The van der Waals surface area contributed by atoms with Gasteiger partial charge in [-0.3, -0.25) is 0 Å². The average molecular weight is 307 g/mol. The second-order valence-corrected chi connectivity index (χ2v) is 8.93. The van der Waals surface area contributed by atoms with E-state index in [1.165, 1.54) is 0 Å². The summed E-state index contributed by atoms with van der Waals surface area (Å²) < 4.78 is 27.3. The Morgan fingerprint density at radius 2 is 2.11 bits per heavy atom. The van der Waals surface area contributed by atoms with Crippen LogP contribution in [0.15, 0.2) is 16.3 Å². The lowest BCUT2D eigenvalue weighted by Gasteiger charge is -2.17. The lowest BCUT2D eigenvalue weighted by Crippen LogP contribution is -2.33. The van der Waals surface area contributed by atoms with Gasteiger partial charge >= 0.3 is 0 Å². The maximum absolute atomic E-state index is 12.4. The molecule has 1 aromatic rings. The number of thiophene rings is 1. The molecule has 2 aliphatic rings. The zero-order valence-electron chi connectivity index (χ0n) is 9.75. The van der Waals surface area contributed by atoms with E-state index in [2.05, 4.69) is 0 Å². The normalized spacial score (nSPS) is 32.9. The molecule has 18 heavy (non-hydrogen) atoms. The zero-order chi connectivity index (χ0) is 12.9. The molecule has 100 valence electrons. The van der Waals surface area contributed by atoms with Crippen LogP contribution >= 0.6 is 22.9 Å². The smallest absolute Gasteiger partial charge is 0.252 e. The number of halogens is 1. The molecule has 1 aliphatic carbocycles. The van der Waals surface area contributed by atoms with E-state index in [0.29, 0.717) is 33.5 Å². The molecular formula is C11H15ClN2O2S2. The Labute approximate surface area is 116 Å². The van der Waals surface area contributed by atoms with E-state index in [-0.39, 0.29) is 6.04 Å². The molecule has 2 heterocycles. The number of hydrogen-bond acceptors (Lipinski definition) is 4. The number of fused-ring (bicyclic) bond motifs is 1. The first-order valence-electron chi connectivity index (χ1n) is 5.99. The number of sulfonamides is 1. The summed E-state index contributed by atoms with van der Waals surface area (Å²) in [4.78, 5) is 0. The number of hydrogen-bond donors (Lipinski definition) is 1. The van der Waals surface area contributed by atoms with Gasteiger partial charge in [-0.05, 0) is 36.8 Å². The number of rotatable bonds is 2. The van der Waals surface area contributed by atoms with Crippen LogP contribution in [0.2, 0.25) is 4.34 Å². The first-order valence-corrected chi connectivity index (χ1v) is 8.63. The van der Waals surface area contributed by atoms with Crippen molar-refractivity contribution in [3.63, 3.8) is 0 Å². The molecule has 0 aromatic carbocycles.